The number of carbonyl (C=O) groups is 1. The van der Waals surface area contributed by atoms with E-state index in [0.717, 1.165) is 43.5 Å². The Morgan fingerprint density at radius 1 is 1.29 bits per heavy atom. The normalized spacial score (nSPS) is 10.6. The minimum atomic E-state index is 0.440. The van der Waals surface area contributed by atoms with Crippen LogP contribution in [0.15, 0.2) is 24.3 Å². The Morgan fingerprint density at radius 3 is 2.71 bits per heavy atom. The second-order valence-electron chi connectivity index (χ2n) is 4.63. The standard InChI is InChI=1S/C15H18ClN3O2/c1-2-15-14(11-20)17-18-19(15)9-3-4-10-21-13-7-5-12(16)6-8-13/h5-8,11H,2-4,9-10H2,1H3. The summed E-state index contributed by atoms with van der Waals surface area (Å²) in [5.74, 6) is 0.817. The molecule has 0 aliphatic carbocycles. The SMILES string of the molecule is CCc1c(C=O)nnn1CCCCOc1ccc(Cl)cc1. The minimum Gasteiger partial charge on any atom is -0.494 e. The Morgan fingerprint density at radius 2 is 2.05 bits per heavy atom. The van der Waals surface area contributed by atoms with Gasteiger partial charge < -0.3 is 4.74 Å². The van der Waals surface area contributed by atoms with Gasteiger partial charge in [0.15, 0.2) is 6.29 Å². The highest BCUT2D eigenvalue weighted by atomic mass is 35.5. The van der Waals surface area contributed by atoms with Crippen LogP contribution >= 0.6 is 11.6 Å². The van der Waals surface area contributed by atoms with Crippen molar-refractivity contribution >= 4 is 17.9 Å². The van der Waals surface area contributed by atoms with Crippen molar-refractivity contribution in [1.82, 2.24) is 15.0 Å². The van der Waals surface area contributed by atoms with Crippen LogP contribution in [0.1, 0.15) is 35.9 Å². The first-order valence-corrected chi connectivity index (χ1v) is 7.38. The van der Waals surface area contributed by atoms with Crippen LogP contribution < -0.4 is 4.74 Å². The molecule has 0 aliphatic rings. The molecule has 2 aromatic rings. The van der Waals surface area contributed by atoms with Crippen molar-refractivity contribution in [2.45, 2.75) is 32.7 Å². The number of rotatable bonds is 8. The van der Waals surface area contributed by atoms with Crippen LogP contribution in [0.25, 0.3) is 0 Å². The third-order valence-corrected chi connectivity index (χ3v) is 3.41. The van der Waals surface area contributed by atoms with E-state index in [1.54, 1.807) is 16.8 Å². The highest BCUT2D eigenvalue weighted by Gasteiger charge is 2.09. The smallest absolute Gasteiger partial charge is 0.172 e. The maximum Gasteiger partial charge on any atom is 0.172 e. The molecule has 0 spiro atoms. The van der Waals surface area contributed by atoms with E-state index >= 15 is 0 Å². The van der Waals surface area contributed by atoms with Crippen LogP contribution in [-0.2, 0) is 13.0 Å². The van der Waals surface area contributed by atoms with E-state index in [0.29, 0.717) is 17.3 Å². The maximum atomic E-state index is 10.8. The summed E-state index contributed by atoms with van der Waals surface area (Å²) in [7, 11) is 0. The molecule has 0 atom stereocenters. The van der Waals surface area contributed by atoms with E-state index < -0.39 is 0 Å². The van der Waals surface area contributed by atoms with Crippen LogP contribution in [0.5, 0.6) is 5.75 Å². The fraction of sp³-hybridized carbons (Fsp3) is 0.400. The molecule has 21 heavy (non-hydrogen) atoms. The van der Waals surface area contributed by atoms with Crippen molar-refractivity contribution in [3.8, 4) is 5.75 Å². The number of ether oxygens (including phenoxy) is 1. The number of benzene rings is 1. The van der Waals surface area contributed by atoms with Gasteiger partial charge in [0.1, 0.15) is 11.4 Å². The zero-order valence-corrected chi connectivity index (χ0v) is 12.7. The summed E-state index contributed by atoms with van der Waals surface area (Å²) >= 11 is 5.81. The molecule has 5 nitrogen and oxygen atoms in total. The molecule has 1 aromatic heterocycles. The second kappa shape index (κ2) is 7.78. The summed E-state index contributed by atoms with van der Waals surface area (Å²) in [5, 5.41) is 8.57. The lowest BCUT2D eigenvalue weighted by Gasteiger charge is -2.07. The van der Waals surface area contributed by atoms with Gasteiger partial charge in [-0.15, -0.1) is 5.10 Å². The van der Waals surface area contributed by atoms with Gasteiger partial charge in [-0.2, -0.15) is 0 Å². The molecule has 0 fully saturated rings. The van der Waals surface area contributed by atoms with E-state index in [1.165, 1.54) is 0 Å². The lowest BCUT2D eigenvalue weighted by Crippen LogP contribution is -2.07. The summed E-state index contributed by atoms with van der Waals surface area (Å²) in [6, 6.07) is 7.32. The van der Waals surface area contributed by atoms with Gasteiger partial charge in [0.25, 0.3) is 0 Å². The summed E-state index contributed by atoms with van der Waals surface area (Å²) in [5.41, 5.74) is 1.33. The van der Waals surface area contributed by atoms with Gasteiger partial charge in [-0.25, -0.2) is 4.68 Å². The minimum absolute atomic E-state index is 0.440. The molecule has 112 valence electrons. The second-order valence-corrected chi connectivity index (χ2v) is 5.06. The summed E-state index contributed by atoms with van der Waals surface area (Å²) < 4.78 is 7.42. The molecule has 6 heteroatoms. The molecule has 0 amide bonds. The molecule has 0 unspecified atom stereocenters. The van der Waals surface area contributed by atoms with E-state index in [9.17, 15) is 4.79 Å². The largest absolute Gasteiger partial charge is 0.494 e. The van der Waals surface area contributed by atoms with Gasteiger partial charge in [0.2, 0.25) is 0 Å². The van der Waals surface area contributed by atoms with Gasteiger partial charge in [-0.05, 0) is 43.5 Å². The average molecular weight is 308 g/mol. The van der Waals surface area contributed by atoms with Crippen molar-refractivity contribution in [3.05, 3.63) is 40.7 Å². The van der Waals surface area contributed by atoms with Gasteiger partial charge >= 0.3 is 0 Å². The zero-order chi connectivity index (χ0) is 15.1. The third-order valence-electron chi connectivity index (χ3n) is 3.16. The predicted molar refractivity (Wildman–Crippen MR) is 81.0 cm³/mol. The van der Waals surface area contributed by atoms with Gasteiger partial charge in [-0.3, -0.25) is 4.79 Å². The van der Waals surface area contributed by atoms with E-state index in [2.05, 4.69) is 10.3 Å². The van der Waals surface area contributed by atoms with E-state index in [-0.39, 0.29) is 0 Å². The Kier molecular flexibility index (Phi) is 5.75. The van der Waals surface area contributed by atoms with E-state index in [1.807, 2.05) is 19.1 Å². The number of hydrogen-bond acceptors (Lipinski definition) is 4. The highest BCUT2D eigenvalue weighted by Crippen LogP contribution is 2.15. The molecule has 0 N–H and O–H groups in total. The highest BCUT2D eigenvalue weighted by molar-refractivity contribution is 6.30. The molecule has 0 bridgehead atoms. The number of aryl methyl sites for hydroxylation is 1. The lowest BCUT2D eigenvalue weighted by molar-refractivity contribution is 0.111. The van der Waals surface area contributed by atoms with Crippen LogP contribution in [0.3, 0.4) is 0 Å². The predicted octanol–water partition coefficient (Wildman–Crippen LogP) is 3.17. The molecular formula is C15H18ClN3O2. The number of unbranched alkanes of at least 4 members (excludes halogenated alkanes) is 1. The first-order chi connectivity index (χ1) is 10.2. The van der Waals surface area contributed by atoms with Crippen LogP contribution in [0, 0.1) is 0 Å². The molecule has 0 radical (unpaired) electrons. The summed E-state index contributed by atoms with van der Waals surface area (Å²) in [4.78, 5) is 10.8. The number of nitrogens with zero attached hydrogens (tertiary/aromatic N) is 3. The van der Waals surface area contributed by atoms with Crippen molar-refractivity contribution in [3.63, 3.8) is 0 Å². The van der Waals surface area contributed by atoms with Crippen LogP contribution in [0.2, 0.25) is 5.02 Å². The number of aromatic nitrogens is 3. The molecule has 0 aliphatic heterocycles. The Hall–Kier alpha value is -1.88. The molecule has 1 aromatic carbocycles. The third kappa shape index (κ3) is 4.29. The van der Waals surface area contributed by atoms with Crippen LogP contribution in [0.4, 0.5) is 0 Å². The summed E-state index contributed by atoms with van der Waals surface area (Å²) in [6.45, 7) is 3.37. The van der Waals surface area contributed by atoms with Crippen molar-refractivity contribution in [2.24, 2.45) is 0 Å². The monoisotopic (exact) mass is 307 g/mol. The number of hydrogen-bond donors (Lipinski definition) is 0. The Balaban J connectivity index is 1.73. The van der Waals surface area contributed by atoms with Crippen molar-refractivity contribution in [1.29, 1.82) is 0 Å². The Labute approximate surface area is 128 Å². The van der Waals surface area contributed by atoms with Crippen LogP contribution in [-0.4, -0.2) is 27.9 Å². The first kappa shape index (κ1) is 15.5. The quantitative estimate of drug-likeness (QED) is 0.555. The topological polar surface area (TPSA) is 57.0 Å². The lowest BCUT2D eigenvalue weighted by atomic mass is 10.2. The van der Waals surface area contributed by atoms with E-state index in [4.69, 9.17) is 16.3 Å². The molecule has 0 saturated heterocycles. The number of halogens is 1. The van der Waals surface area contributed by atoms with Gasteiger partial charge in [0, 0.05) is 11.6 Å². The first-order valence-electron chi connectivity index (χ1n) is 7.00. The number of aldehydes is 1. The fourth-order valence-corrected chi connectivity index (χ4v) is 2.19. The van der Waals surface area contributed by atoms with Crippen molar-refractivity contribution in [2.75, 3.05) is 6.61 Å². The Bertz CT molecular complexity index is 581. The molecule has 2 rings (SSSR count). The fourth-order valence-electron chi connectivity index (χ4n) is 2.07. The van der Waals surface area contributed by atoms with Crippen molar-refractivity contribution < 1.29 is 9.53 Å². The van der Waals surface area contributed by atoms with Gasteiger partial charge in [0.05, 0.1) is 12.3 Å². The average Bonchev–Trinajstić information content (AvgIpc) is 2.90. The zero-order valence-electron chi connectivity index (χ0n) is 12.0. The molecule has 0 saturated carbocycles. The summed E-state index contributed by atoms with van der Waals surface area (Å²) in [6.07, 6.45) is 3.33. The van der Waals surface area contributed by atoms with Gasteiger partial charge in [-0.1, -0.05) is 23.7 Å². The number of carbonyl (C=O) groups excluding carboxylic acids is 1. The maximum absolute atomic E-state index is 10.8. The molecule has 1 heterocycles. The molecular weight excluding hydrogens is 290 g/mol.